The number of methoxy groups -OCH3 is 2. The van der Waals surface area contributed by atoms with E-state index in [2.05, 4.69) is 26.6 Å². The lowest BCUT2D eigenvalue weighted by Crippen LogP contribution is -2.28. The van der Waals surface area contributed by atoms with Gasteiger partial charge in [-0.15, -0.1) is 0 Å². The van der Waals surface area contributed by atoms with Gasteiger partial charge >= 0.3 is 6.03 Å². The largest absolute Gasteiger partial charge is 0.493 e. The summed E-state index contributed by atoms with van der Waals surface area (Å²) in [7, 11) is 3.16. The second kappa shape index (κ2) is 7.87. The van der Waals surface area contributed by atoms with Crippen LogP contribution in [0.25, 0.3) is 0 Å². The Labute approximate surface area is 144 Å². The maximum Gasteiger partial charge on any atom is 0.319 e. The standard InChI is InChI=1S/C17H19BrN2O3/c1-11-7-8-13(9-14(11)18)20-17(21)19-10-12-5-4-6-15(22-2)16(12)23-3/h4-9H,10H2,1-3H3,(H2,19,20,21). The zero-order valence-electron chi connectivity index (χ0n) is 13.3. The number of nitrogens with one attached hydrogen (secondary N) is 2. The molecule has 0 aliphatic carbocycles. The highest BCUT2D eigenvalue weighted by atomic mass is 79.9. The summed E-state index contributed by atoms with van der Waals surface area (Å²) in [6.07, 6.45) is 0. The van der Waals surface area contributed by atoms with E-state index < -0.39 is 0 Å². The van der Waals surface area contributed by atoms with E-state index in [9.17, 15) is 4.79 Å². The second-order valence-corrected chi connectivity index (χ2v) is 5.78. The van der Waals surface area contributed by atoms with Gasteiger partial charge in [-0.25, -0.2) is 4.79 Å². The molecule has 0 radical (unpaired) electrons. The molecular formula is C17H19BrN2O3. The van der Waals surface area contributed by atoms with Gasteiger partial charge in [0.1, 0.15) is 0 Å². The first-order chi connectivity index (χ1) is 11.0. The quantitative estimate of drug-likeness (QED) is 0.823. The van der Waals surface area contributed by atoms with Crippen LogP contribution in [0, 0.1) is 6.92 Å². The fraction of sp³-hybridized carbons (Fsp3) is 0.235. The van der Waals surface area contributed by atoms with Gasteiger partial charge in [-0.3, -0.25) is 0 Å². The van der Waals surface area contributed by atoms with Crippen molar-refractivity contribution in [1.29, 1.82) is 0 Å². The minimum atomic E-state index is -0.286. The van der Waals surface area contributed by atoms with E-state index in [1.807, 2.05) is 43.3 Å². The number of hydrogen-bond donors (Lipinski definition) is 2. The number of hydrogen-bond acceptors (Lipinski definition) is 3. The molecule has 0 unspecified atom stereocenters. The lowest BCUT2D eigenvalue weighted by atomic mass is 10.2. The third-order valence-corrected chi connectivity index (χ3v) is 4.21. The van der Waals surface area contributed by atoms with Gasteiger partial charge in [0.2, 0.25) is 0 Å². The fourth-order valence-corrected chi connectivity index (χ4v) is 2.49. The number of rotatable bonds is 5. The van der Waals surface area contributed by atoms with Crippen LogP contribution in [0.5, 0.6) is 11.5 Å². The summed E-state index contributed by atoms with van der Waals surface area (Å²) in [4.78, 5) is 12.0. The molecule has 122 valence electrons. The highest BCUT2D eigenvalue weighted by Gasteiger charge is 2.10. The molecule has 5 nitrogen and oxygen atoms in total. The summed E-state index contributed by atoms with van der Waals surface area (Å²) in [5.41, 5.74) is 2.67. The fourth-order valence-electron chi connectivity index (χ4n) is 2.11. The SMILES string of the molecule is COc1cccc(CNC(=O)Nc2ccc(C)c(Br)c2)c1OC. The van der Waals surface area contributed by atoms with E-state index in [4.69, 9.17) is 9.47 Å². The highest BCUT2D eigenvalue weighted by molar-refractivity contribution is 9.10. The number of urea groups is 1. The molecule has 2 aromatic carbocycles. The van der Waals surface area contributed by atoms with Gasteiger partial charge in [-0.1, -0.05) is 34.1 Å². The van der Waals surface area contributed by atoms with E-state index >= 15 is 0 Å². The normalized spacial score (nSPS) is 10.1. The van der Waals surface area contributed by atoms with Crippen molar-refractivity contribution in [2.24, 2.45) is 0 Å². The molecule has 0 aromatic heterocycles. The maximum atomic E-state index is 12.0. The van der Waals surface area contributed by atoms with E-state index in [0.717, 1.165) is 21.3 Å². The van der Waals surface area contributed by atoms with Crippen molar-refractivity contribution in [3.8, 4) is 11.5 Å². The van der Waals surface area contributed by atoms with Crippen molar-refractivity contribution in [2.45, 2.75) is 13.5 Å². The van der Waals surface area contributed by atoms with E-state index in [-0.39, 0.29) is 6.03 Å². The van der Waals surface area contributed by atoms with Crippen molar-refractivity contribution in [3.05, 3.63) is 52.0 Å². The Balaban J connectivity index is 2.00. The molecule has 0 saturated carbocycles. The lowest BCUT2D eigenvalue weighted by molar-refractivity contribution is 0.251. The molecule has 23 heavy (non-hydrogen) atoms. The van der Waals surface area contributed by atoms with Gasteiger partial charge in [-0.05, 0) is 30.7 Å². The Hall–Kier alpha value is -2.21. The average Bonchev–Trinajstić information content (AvgIpc) is 2.55. The predicted octanol–water partition coefficient (Wildman–Crippen LogP) is 4.10. The van der Waals surface area contributed by atoms with Gasteiger partial charge in [0, 0.05) is 22.3 Å². The summed E-state index contributed by atoms with van der Waals surface area (Å²) in [5.74, 6) is 1.25. The van der Waals surface area contributed by atoms with Gasteiger partial charge < -0.3 is 20.1 Å². The Morgan fingerprint density at radius 2 is 1.96 bits per heavy atom. The van der Waals surface area contributed by atoms with Gasteiger partial charge in [-0.2, -0.15) is 0 Å². The monoisotopic (exact) mass is 378 g/mol. The molecule has 0 aliphatic heterocycles. The van der Waals surface area contributed by atoms with E-state index in [0.29, 0.717) is 18.0 Å². The van der Waals surface area contributed by atoms with Crippen molar-refractivity contribution < 1.29 is 14.3 Å². The summed E-state index contributed by atoms with van der Waals surface area (Å²) in [6.45, 7) is 2.32. The van der Waals surface area contributed by atoms with Crippen LogP contribution < -0.4 is 20.1 Å². The summed E-state index contributed by atoms with van der Waals surface area (Å²) >= 11 is 3.44. The third-order valence-electron chi connectivity index (χ3n) is 3.35. The molecule has 0 bridgehead atoms. The average molecular weight is 379 g/mol. The van der Waals surface area contributed by atoms with Gasteiger partial charge in [0.15, 0.2) is 11.5 Å². The molecule has 0 spiro atoms. The van der Waals surface area contributed by atoms with Gasteiger partial charge in [0.05, 0.1) is 14.2 Å². The zero-order valence-corrected chi connectivity index (χ0v) is 14.9. The van der Waals surface area contributed by atoms with E-state index in [1.54, 1.807) is 14.2 Å². The number of benzene rings is 2. The smallest absolute Gasteiger partial charge is 0.319 e. The highest BCUT2D eigenvalue weighted by Crippen LogP contribution is 2.30. The van der Waals surface area contributed by atoms with Crippen LogP contribution in [0.15, 0.2) is 40.9 Å². The topological polar surface area (TPSA) is 59.6 Å². The molecule has 0 saturated heterocycles. The van der Waals surface area contributed by atoms with Crippen LogP contribution >= 0.6 is 15.9 Å². The summed E-state index contributed by atoms with van der Waals surface area (Å²) in [6, 6.07) is 10.9. The number of amides is 2. The first-order valence-corrected chi connectivity index (χ1v) is 7.85. The first-order valence-electron chi connectivity index (χ1n) is 7.06. The minimum absolute atomic E-state index is 0.286. The molecular weight excluding hydrogens is 360 g/mol. The molecule has 2 N–H and O–H groups in total. The Morgan fingerprint density at radius 3 is 2.61 bits per heavy atom. The number of carbonyl (C=O) groups is 1. The number of halogens is 1. The summed E-state index contributed by atoms with van der Waals surface area (Å²) < 4.78 is 11.5. The molecule has 2 rings (SSSR count). The Kier molecular flexibility index (Phi) is 5.87. The Bertz CT molecular complexity index is 704. The number of anilines is 1. The summed E-state index contributed by atoms with van der Waals surface area (Å²) in [5, 5.41) is 5.60. The molecule has 6 heteroatoms. The molecule has 0 atom stereocenters. The van der Waals surface area contributed by atoms with Crippen LogP contribution in [0.2, 0.25) is 0 Å². The number of ether oxygens (including phenoxy) is 2. The minimum Gasteiger partial charge on any atom is -0.493 e. The second-order valence-electron chi connectivity index (χ2n) is 4.92. The van der Waals surface area contributed by atoms with E-state index in [1.165, 1.54) is 0 Å². The van der Waals surface area contributed by atoms with Gasteiger partial charge in [0.25, 0.3) is 0 Å². The van der Waals surface area contributed by atoms with Crippen LogP contribution in [0.4, 0.5) is 10.5 Å². The van der Waals surface area contributed by atoms with Crippen molar-refractivity contribution >= 4 is 27.6 Å². The molecule has 0 fully saturated rings. The Morgan fingerprint density at radius 1 is 1.17 bits per heavy atom. The maximum absolute atomic E-state index is 12.0. The molecule has 0 aliphatic rings. The number of para-hydroxylation sites is 1. The number of aryl methyl sites for hydroxylation is 1. The third kappa shape index (κ3) is 4.39. The van der Waals surface area contributed by atoms with Crippen molar-refractivity contribution in [2.75, 3.05) is 19.5 Å². The molecule has 2 aromatic rings. The predicted molar refractivity (Wildman–Crippen MR) is 94.3 cm³/mol. The van der Waals surface area contributed by atoms with Crippen LogP contribution in [0.3, 0.4) is 0 Å². The molecule has 0 heterocycles. The molecule has 2 amide bonds. The van der Waals surface area contributed by atoms with Crippen LogP contribution in [-0.2, 0) is 6.54 Å². The zero-order chi connectivity index (χ0) is 16.8. The first kappa shape index (κ1) is 17.1. The van der Waals surface area contributed by atoms with Crippen molar-refractivity contribution in [1.82, 2.24) is 5.32 Å². The van der Waals surface area contributed by atoms with Crippen LogP contribution in [-0.4, -0.2) is 20.3 Å². The van der Waals surface area contributed by atoms with Crippen molar-refractivity contribution in [3.63, 3.8) is 0 Å². The number of carbonyl (C=O) groups excluding carboxylic acids is 1. The lowest BCUT2D eigenvalue weighted by Gasteiger charge is -2.13. The van der Waals surface area contributed by atoms with Crippen LogP contribution in [0.1, 0.15) is 11.1 Å².